The van der Waals surface area contributed by atoms with Crippen LogP contribution in [0.4, 0.5) is 0 Å². The average molecular weight is 219 g/mol. The summed E-state index contributed by atoms with van der Waals surface area (Å²) in [7, 11) is 0. The molecule has 0 bridgehead atoms. The normalized spacial score (nSPS) is 16.8. The van der Waals surface area contributed by atoms with E-state index in [2.05, 4.69) is 0 Å². The highest BCUT2D eigenvalue weighted by atomic mass is 16.4. The van der Waals surface area contributed by atoms with Crippen LogP contribution in [0.15, 0.2) is 0 Å². The van der Waals surface area contributed by atoms with Crippen LogP contribution in [0.3, 0.4) is 0 Å². The summed E-state index contributed by atoms with van der Waals surface area (Å²) >= 11 is 0. The third kappa shape index (κ3) is 4.93. The second kappa shape index (κ2) is 6.43. The molecule has 0 aromatic heterocycles. The molecule has 3 N–H and O–H groups in total. The minimum absolute atomic E-state index is 0.546. The van der Waals surface area contributed by atoms with Gasteiger partial charge in [0.1, 0.15) is 18.2 Å². The van der Waals surface area contributed by atoms with E-state index in [0.717, 1.165) is 12.8 Å². The minimum Gasteiger partial charge on any atom is -0.378 e. The number of rotatable bonds is 7. The molecule has 0 spiro atoms. The summed E-state index contributed by atoms with van der Waals surface area (Å²) in [4.78, 5) is 1.36. The Hall–Kier alpha value is -0.160. The van der Waals surface area contributed by atoms with Gasteiger partial charge in [0.25, 0.3) is 0 Å². The lowest BCUT2D eigenvalue weighted by Gasteiger charge is -2.40. The molecule has 0 heterocycles. The molecule has 0 saturated carbocycles. The summed E-state index contributed by atoms with van der Waals surface area (Å²) in [6.45, 7) is 7.06. The highest BCUT2D eigenvalue weighted by Crippen LogP contribution is 2.21. The lowest BCUT2D eigenvalue weighted by Crippen LogP contribution is -2.55. The van der Waals surface area contributed by atoms with E-state index in [9.17, 15) is 15.3 Å². The van der Waals surface area contributed by atoms with Crippen LogP contribution in [0, 0.1) is 0 Å². The van der Waals surface area contributed by atoms with Gasteiger partial charge < -0.3 is 15.3 Å². The van der Waals surface area contributed by atoms with Crippen LogP contribution in [-0.4, -0.2) is 38.4 Å². The molecule has 0 rings (SSSR count). The Labute approximate surface area is 92.5 Å². The van der Waals surface area contributed by atoms with Crippen LogP contribution in [0.5, 0.6) is 0 Å². The van der Waals surface area contributed by atoms with Gasteiger partial charge in [-0.2, -0.15) is 0 Å². The summed E-state index contributed by atoms with van der Waals surface area (Å²) in [5.41, 5.74) is -1.21. The second-order valence-electron chi connectivity index (χ2n) is 4.44. The number of aliphatic hydroxyl groups excluding tert-OH is 2. The maximum absolute atomic E-state index is 9.88. The molecule has 0 aliphatic heterocycles. The van der Waals surface area contributed by atoms with Crippen LogP contribution >= 0.6 is 0 Å². The maximum atomic E-state index is 9.88. The van der Waals surface area contributed by atoms with Gasteiger partial charge in [-0.05, 0) is 26.7 Å². The summed E-state index contributed by atoms with van der Waals surface area (Å²) in [6, 6.07) is 0. The standard InChI is InChI=1S/C11H25NO3/c1-5-7-9(13)12(11(3,4)15)10(14)8-6-2/h9-10,13-15H,5-8H2,1-4H3. The zero-order valence-corrected chi connectivity index (χ0v) is 10.3. The van der Waals surface area contributed by atoms with Crippen molar-refractivity contribution in [1.29, 1.82) is 0 Å². The Morgan fingerprint density at radius 3 is 1.53 bits per heavy atom. The van der Waals surface area contributed by atoms with E-state index < -0.39 is 18.2 Å². The average Bonchev–Trinajstić information content (AvgIpc) is 2.01. The van der Waals surface area contributed by atoms with E-state index >= 15 is 0 Å². The van der Waals surface area contributed by atoms with Crippen molar-refractivity contribution in [2.75, 3.05) is 0 Å². The molecule has 2 atom stereocenters. The van der Waals surface area contributed by atoms with Crippen molar-refractivity contribution in [3.8, 4) is 0 Å². The molecule has 0 saturated heterocycles. The zero-order chi connectivity index (χ0) is 12.1. The zero-order valence-electron chi connectivity index (χ0n) is 10.3. The monoisotopic (exact) mass is 219 g/mol. The van der Waals surface area contributed by atoms with Gasteiger partial charge in [0.05, 0.1) is 0 Å². The summed E-state index contributed by atoms with van der Waals surface area (Å²) in [5.74, 6) is 0. The molecule has 4 heteroatoms. The predicted octanol–water partition coefficient (Wildman–Crippen LogP) is 1.25. The van der Waals surface area contributed by atoms with Gasteiger partial charge >= 0.3 is 0 Å². The van der Waals surface area contributed by atoms with Gasteiger partial charge in [-0.1, -0.05) is 26.7 Å². The van der Waals surface area contributed by atoms with Crippen LogP contribution in [0.1, 0.15) is 53.4 Å². The Kier molecular flexibility index (Phi) is 6.36. The smallest absolute Gasteiger partial charge is 0.116 e. The van der Waals surface area contributed by atoms with E-state index in [1.807, 2.05) is 13.8 Å². The number of aliphatic hydroxyl groups is 3. The Bertz CT molecular complexity index is 156. The van der Waals surface area contributed by atoms with Crippen LogP contribution in [0.2, 0.25) is 0 Å². The van der Waals surface area contributed by atoms with Crippen LogP contribution < -0.4 is 0 Å². The van der Waals surface area contributed by atoms with Crippen molar-refractivity contribution in [3.63, 3.8) is 0 Å². The molecule has 2 unspecified atom stereocenters. The first-order valence-corrected chi connectivity index (χ1v) is 5.71. The number of hydrogen-bond donors (Lipinski definition) is 3. The van der Waals surface area contributed by atoms with Gasteiger partial charge in [0, 0.05) is 0 Å². The predicted molar refractivity (Wildman–Crippen MR) is 60.0 cm³/mol. The molecule has 0 fully saturated rings. The highest BCUT2D eigenvalue weighted by molar-refractivity contribution is 4.75. The maximum Gasteiger partial charge on any atom is 0.116 e. The molecular formula is C11H25NO3. The lowest BCUT2D eigenvalue weighted by atomic mass is 10.1. The van der Waals surface area contributed by atoms with Gasteiger partial charge in [-0.15, -0.1) is 0 Å². The molecule has 15 heavy (non-hydrogen) atoms. The fourth-order valence-electron chi connectivity index (χ4n) is 1.72. The summed E-state index contributed by atoms with van der Waals surface area (Å²) < 4.78 is 0. The first-order valence-electron chi connectivity index (χ1n) is 5.71. The molecule has 0 aliphatic rings. The molecule has 0 aromatic rings. The molecule has 92 valence electrons. The first-order chi connectivity index (χ1) is 6.84. The van der Waals surface area contributed by atoms with Gasteiger partial charge in [-0.25, -0.2) is 4.90 Å². The first kappa shape index (κ1) is 14.8. The Balaban J connectivity index is 4.57. The van der Waals surface area contributed by atoms with E-state index in [1.54, 1.807) is 13.8 Å². The van der Waals surface area contributed by atoms with Crippen LogP contribution in [-0.2, 0) is 0 Å². The molecule has 0 aliphatic carbocycles. The Morgan fingerprint density at radius 2 is 1.33 bits per heavy atom. The van der Waals surface area contributed by atoms with E-state index in [4.69, 9.17) is 0 Å². The third-order valence-electron chi connectivity index (χ3n) is 2.37. The fraction of sp³-hybridized carbons (Fsp3) is 1.00. The van der Waals surface area contributed by atoms with Crippen molar-refractivity contribution < 1.29 is 15.3 Å². The molecule has 0 radical (unpaired) electrons. The van der Waals surface area contributed by atoms with Crippen molar-refractivity contribution in [1.82, 2.24) is 4.90 Å². The quantitative estimate of drug-likeness (QED) is 0.564. The molecular weight excluding hydrogens is 194 g/mol. The van der Waals surface area contributed by atoms with Gasteiger partial charge in [0.15, 0.2) is 0 Å². The number of nitrogens with zero attached hydrogens (tertiary/aromatic N) is 1. The summed E-state index contributed by atoms with van der Waals surface area (Å²) in [6.07, 6.45) is 1.13. The largest absolute Gasteiger partial charge is 0.378 e. The topological polar surface area (TPSA) is 63.9 Å². The molecule has 0 aromatic carbocycles. The van der Waals surface area contributed by atoms with Crippen LogP contribution in [0.25, 0.3) is 0 Å². The Morgan fingerprint density at radius 1 is 1.00 bits per heavy atom. The van der Waals surface area contributed by atoms with Crippen molar-refractivity contribution in [2.24, 2.45) is 0 Å². The molecule has 4 nitrogen and oxygen atoms in total. The van der Waals surface area contributed by atoms with E-state index in [1.165, 1.54) is 4.90 Å². The van der Waals surface area contributed by atoms with Crippen molar-refractivity contribution >= 4 is 0 Å². The third-order valence-corrected chi connectivity index (χ3v) is 2.37. The van der Waals surface area contributed by atoms with Gasteiger partial charge in [-0.3, -0.25) is 0 Å². The summed E-state index contributed by atoms with van der Waals surface area (Å²) in [5, 5.41) is 29.6. The minimum atomic E-state index is -1.21. The van der Waals surface area contributed by atoms with Gasteiger partial charge in [0.2, 0.25) is 0 Å². The molecule has 0 amide bonds. The highest BCUT2D eigenvalue weighted by Gasteiger charge is 2.33. The van der Waals surface area contributed by atoms with E-state index in [-0.39, 0.29) is 0 Å². The second-order valence-corrected chi connectivity index (χ2v) is 4.44. The van der Waals surface area contributed by atoms with E-state index in [0.29, 0.717) is 12.8 Å². The number of hydrogen-bond acceptors (Lipinski definition) is 4. The lowest BCUT2D eigenvalue weighted by molar-refractivity contribution is -0.223. The fourth-order valence-corrected chi connectivity index (χ4v) is 1.72. The van der Waals surface area contributed by atoms with Crippen molar-refractivity contribution in [2.45, 2.75) is 71.6 Å². The SMILES string of the molecule is CCCC(O)N(C(O)CCC)C(C)(C)O. The van der Waals surface area contributed by atoms with Crippen molar-refractivity contribution in [3.05, 3.63) is 0 Å².